The SMILES string of the molecule is CCNC(=NCCC1=CCOCC1)NCCc1ccc(OCC)c(OCC)c1.I. The van der Waals surface area contributed by atoms with E-state index in [9.17, 15) is 0 Å². The second-order valence-electron chi connectivity index (χ2n) is 6.52. The molecular weight excluding hydrogens is 481 g/mol. The van der Waals surface area contributed by atoms with E-state index >= 15 is 0 Å². The van der Waals surface area contributed by atoms with Crippen molar-refractivity contribution < 1.29 is 14.2 Å². The summed E-state index contributed by atoms with van der Waals surface area (Å²) in [5.41, 5.74) is 2.66. The molecule has 2 rings (SSSR count). The molecule has 29 heavy (non-hydrogen) atoms. The predicted octanol–water partition coefficient (Wildman–Crippen LogP) is 3.94. The minimum absolute atomic E-state index is 0. The average Bonchev–Trinajstić information content (AvgIpc) is 2.71. The van der Waals surface area contributed by atoms with Gasteiger partial charge in [0.1, 0.15) is 0 Å². The van der Waals surface area contributed by atoms with E-state index < -0.39 is 0 Å². The smallest absolute Gasteiger partial charge is 0.191 e. The van der Waals surface area contributed by atoms with Crippen molar-refractivity contribution in [2.45, 2.75) is 40.0 Å². The topological polar surface area (TPSA) is 64.1 Å². The summed E-state index contributed by atoms with van der Waals surface area (Å²) >= 11 is 0. The van der Waals surface area contributed by atoms with E-state index in [0.29, 0.717) is 13.2 Å². The second kappa shape index (κ2) is 15.4. The van der Waals surface area contributed by atoms with E-state index in [-0.39, 0.29) is 24.0 Å². The molecule has 0 bridgehead atoms. The summed E-state index contributed by atoms with van der Waals surface area (Å²) in [6.07, 6.45) is 5.09. The van der Waals surface area contributed by atoms with E-state index in [1.165, 1.54) is 11.1 Å². The zero-order valence-corrected chi connectivity index (χ0v) is 20.3. The lowest BCUT2D eigenvalue weighted by Gasteiger charge is -2.15. The molecule has 0 saturated heterocycles. The molecule has 0 unspecified atom stereocenters. The molecule has 1 aromatic rings. The third-order valence-corrected chi connectivity index (χ3v) is 4.42. The monoisotopic (exact) mass is 517 g/mol. The van der Waals surface area contributed by atoms with Crippen molar-refractivity contribution in [1.29, 1.82) is 0 Å². The number of nitrogens with zero attached hydrogens (tertiary/aromatic N) is 1. The van der Waals surface area contributed by atoms with E-state index in [1.807, 2.05) is 19.9 Å². The molecule has 7 heteroatoms. The molecule has 1 heterocycles. The van der Waals surface area contributed by atoms with E-state index in [4.69, 9.17) is 19.2 Å². The molecule has 0 atom stereocenters. The Labute approximate surface area is 192 Å². The van der Waals surface area contributed by atoms with Gasteiger partial charge in [0.05, 0.1) is 26.4 Å². The van der Waals surface area contributed by atoms with Gasteiger partial charge in [-0.05, 0) is 57.7 Å². The molecule has 164 valence electrons. The maximum atomic E-state index is 5.71. The van der Waals surface area contributed by atoms with Crippen LogP contribution in [0.1, 0.15) is 39.2 Å². The Bertz CT molecular complexity index is 650. The fraction of sp³-hybridized carbons (Fsp3) is 0.591. The van der Waals surface area contributed by atoms with Crippen LogP contribution in [0.5, 0.6) is 11.5 Å². The molecule has 1 aromatic carbocycles. The van der Waals surface area contributed by atoms with E-state index in [2.05, 4.69) is 35.8 Å². The van der Waals surface area contributed by atoms with Crippen LogP contribution in [0.25, 0.3) is 0 Å². The largest absolute Gasteiger partial charge is 0.490 e. The summed E-state index contributed by atoms with van der Waals surface area (Å²) in [6, 6.07) is 6.15. The minimum Gasteiger partial charge on any atom is -0.490 e. The molecule has 0 spiro atoms. The first-order valence-electron chi connectivity index (χ1n) is 10.4. The Balaban J connectivity index is 0.00000420. The fourth-order valence-electron chi connectivity index (χ4n) is 3.02. The summed E-state index contributed by atoms with van der Waals surface area (Å²) in [4.78, 5) is 4.69. The Morgan fingerprint density at radius 1 is 1.07 bits per heavy atom. The number of guanidine groups is 1. The van der Waals surface area contributed by atoms with Crippen LogP contribution in [-0.2, 0) is 11.2 Å². The van der Waals surface area contributed by atoms with Crippen molar-refractivity contribution >= 4 is 29.9 Å². The molecular formula is C22H36IN3O3. The zero-order chi connectivity index (χ0) is 20.0. The van der Waals surface area contributed by atoms with Crippen molar-refractivity contribution in [3.05, 3.63) is 35.4 Å². The lowest BCUT2D eigenvalue weighted by molar-refractivity contribution is 0.153. The highest BCUT2D eigenvalue weighted by Crippen LogP contribution is 2.28. The first kappa shape index (κ1) is 25.6. The van der Waals surface area contributed by atoms with E-state index in [1.54, 1.807) is 0 Å². The summed E-state index contributed by atoms with van der Waals surface area (Å²) in [6.45, 7) is 11.3. The summed E-state index contributed by atoms with van der Waals surface area (Å²) in [5.74, 6) is 2.48. The number of halogens is 1. The van der Waals surface area contributed by atoms with Crippen molar-refractivity contribution in [1.82, 2.24) is 10.6 Å². The molecule has 0 saturated carbocycles. The highest BCUT2D eigenvalue weighted by molar-refractivity contribution is 14.0. The summed E-state index contributed by atoms with van der Waals surface area (Å²) in [5, 5.41) is 6.73. The van der Waals surface area contributed by atoms with Crippen molar-refractivity contribution in [3.8, 4) is 11.5 Å². The maximum Gasteiger partial charge on any atom is 0.191 e. The van der Waals surface area contributed by atoms with Gasteiger partial charge in [-0.1, -0.05) is 17.7 Å². The van der Waals surface area contributed by atoms with Gasteiger partial charge in [-0.25, -0.2) is 0 Å². The van der Waals surface area contributed by atoms with Gasteiger partial charge in [0.15, 0.2) is 17.5 Å². The highest BCUT2D eigenvalue weighted by atomic mass is 127. The first-order valence-corrected chi connectivity index (χ1v) is 10.4. The molecule has 0 aliphatic carbocycles. The minimum atomic E-state index is 0. The van der Waals surface area contributed by atoms with Crippen LogP contribution >= 0.6 is 24.0 Å². The van der Waals surface area contributed by atoms with Gasteiger partial charge in [0.2, 0.25) is 0 Å². The normalized spacial score (nSPS) is 13.9. The Kier molecular flexibility index (Phi) is 13.5. The quantitative estimate of drug-likeness (QED) is 0.202. The van der Waals surface area contributed by atoms with Gasteiger partial charge in [-0.3, -0.25) is 4.99 Å². The number of rotatable bonds is 11. The third kappa shape index (κ3) is 9.71. The Hall–Kier alpha value is -1.48. The lowest BCUT2D eigenvalue weighted by atomic mass is 10.1. The summed E-state index contributed by atoms with van der Waals surface area (Å²) < 4.78 is 16.7. The molecule has 2 N–H and O–H groups in total. The van der Waals surface area contributed by atoms with Gasteiger partial charge in [0, 0.05) is 19.6 Å². The molecule has 0 radical (unpaired) electrons. The van der Waals surface area contributed by atoms with Gasteiger partial charge in [-0.15, -0.1) is 24.0 Å². The van der Waals surface area contributed by atoms with Crippen LogP contribution in [0.3, 0.4) is 0 Å². The summed E-state index contributed by atoms with van der Waals surface area (Å²) in [7, 11) is 0. The predicted molar refractivity (Wildman–Crippen MR) is 130 cm³/mol. The van der Waals surface area contributed by atoms with E-state index in [0.717, 1.165) is 69.6 Å². The highest BCUT2D eigenvalue weighted by Gasteiger charge is 2.07. The number of hydrogen-bond acceptors (Lipinski definition) is 4. The maximum absolute atomic E-state index is 5.71. The number of benzene rings is 1. The third-order valence-electron chi connectivity index (χ3n) is 4.42. The van der Waals surface area contributed by atoms with Gasteiger partial charge >= 0.3 is 0 Å². The fourth-order valence-corrected chi connectivity index (χ4v) is 3.02. The number of nitrogens with one attached hydrogen (secondary N) is 2. The number of hydrogen-bond donors (Lipinski definition) is 2. The first-order chi connectivity index (χ1) is 13.8. The van der Waals surface area contributed by atoms with Gasteiger partial charge < -0.3 is 24.8 Å². The van der Waals surface area contributed by atoms with Crippen LogP contribution < -0.4 is 20.1 Å². The van der Waals surface area contributed by atoms with Crippen LogP contribution in [0.15, 0.2) is 34.8 Å². The molecule has 0 amide bonds. The molecule has 1 aliphatic rings. The molecule has 0 aromatic heterocycles. The van der Waals surface area contributed by atoms with Crippen molar-refractivity contribution in [2.24, 2.45) is 4.99 Å². The lowest BCUT2D eigenvalue weighted by Crippen LogP contribution is -2.38. The van der Waals surface area contributed by atoms with Crippen molar-refractivity contribution in [3.63, 3.8) is 0 Å². The Morgan fingerprint density at radius 2 is 1.86 bits per heavy atom. The number of aliphatic imine (C=N–C) groups is 1. The zero-order valence-electron chi connectivity index (χ0n) is 18.0. The second-order valence-corrected chi connectivity index (χ2v) is 6.52. The van der Waals surface area contributed by atoms with Crippen LogP contribution in [-0.4, -0.2) is 52.0 Å². The van der Waals surface area contributed by atoms with Crippen LogP contribution in [0, 0.1) is 0 Å². The van der Waals surface area contributed by atoms with Crippen LogP contribution in [0.2, 0.25) is 0 Å². The molecule has 1 aliphatic heterocycles. The van der Waals surface area contributed by atoms with Gasteiger partial charge in [0.25, 0.3) is 0 Å². The van der Waals surface area contributed by atoms with Gasteiger partial charge in [-0.2, -0.15) is 0 Å². The van der Waals surface area contributed by atoms with Crippen LogP contribution in [0.4, 0.5) is 0 Å². The Morgan fingerprint density at radius 3 is 2.55 bits per heavy atom. The number of ether oxygens (including phenoxy) is 3. The molecule has 6 nitrogen and oxygen atoms in total. The molecule has 0 fully saturated rings. The average molecular weight is 517 g/mol. The standard InChI is InChI=1S/C22H35N3O3.HI/c1-4-23-22(24-13-9-18-11-15-26-16-12-18)25-14-10-19-7-8-20(27-5-2)21(17-19)28-6-3;/h7-8,11,17H,4-6,9-10,12-16H2,1-3H3,(H2,23,24,25);1H. The van der Waals surface area contributed by atoms with Crippen molar-refractivity contribution in [2.75, 3.05) is 46.1 Å².